The predicted octanol–water partition coefficient (Wildman–Crippen LogP) is 3.41. The molecule has 0 bridgehead atoms. The summed E-state index contributed by atoms with van der Waals surface area (Å²) in [7, 11) is -1.43. The average Bonchev–Trinajstić information content (AvgIpc) is 2.92. The molecular weight excluding hydrogens is 560 g/mol. The molecule has 40 heavy (non-hydrogen) atoms. The number of ether oxygens (including phenoxy) is 1. The van der Waals surface area contributed by atoms with Crippen LogP contribution in [0.15, 0.2) is 72.8 Å². The van der Waals surface area contributed by atoms with Crippen LogP contribution in [0.25, 0.3) is 0 Å². The molecule has 2 amide bonds. The van der Waals surface area contributed by atoms with Crippen LogP contribution in [0.1, 0.15) is 11.1 Å². The van der Waals surface area contributed by atoms with Crippen molar-refractivity contribution in [1.82, 2.24) is 10.2 Å². The summed E-state index contributed by atoms with van der Waals surface area (Å²) in [5, 5.41) is 14.4. The van der Waals surface area contributed by atoms with Crippen LogP contribution in [0.5, 0.6) is 5.75 Å². The number of amides is 2. The van der Waals surface area contributed by atoms with Crippen LogP contribution in [0.4, 0.5) is 11.4 Å². The summed E-state index contributed by atoms with van der Waals surface area (Å²) in [6, 6.07) is 18.2. The van der Waals surface area contributed by atoms with Gasteiger partial charge in [0, 0.05) is 37.2 Å². The number of halogens is 1. The van der Waals surface area contributed by atoms with Gasteiger partial charge < -0.3 is 15.0 Å². The van der Waals surface area contributed by atoms with Crippen LogP contribution in [0.2, 0.25) is 5.02 Å². The van der Waals surface area contributed by atoms with Crippen molar-refractivity contribution in [3.63, 3.8) is 0 Å². The molecule has 3 aromatic carbocycles. The van der Waals surface area contributed by atoms with Crippen molar-refractivity contribution in [2.24, 2.45) is 0 Å². The zero-order chi connectivity index (χ0) is 29.4. The second kappa shape index (κ2) is 13.3. The molecule has 0 aliphatic rings. The fourth-order valence-electron chi connectivity index (χ4n) is 4.13. The van der Waals surface area contributed by atoms with Crippen LogP contribution in [-0.4, -0.2) is 63.1 Å². The van der Waals surface area contributed by atoms with Gasteiger partial charge in [-0.3, -0.25) is 24.0 Å². The molecule has 13 heteroatoms. The fraction of sp³-hybridized carbons (Fsp3) is 0.259. The van der Waals surface area contributed by atoms with Gasteiger partial charge in [0.25, 0.3) is 5.69 Å². The monoisotopic (exact) mass is 588 g/mol. The van der Waals surface area contributed by atoms with Crippen LogP contribution >= 0.6 is 11.6 Å². The van der Waals surface area contributed by atoms with E-state index in [2.05, 4.69) is 5.32 Å². The second-order valence-corrected chi connectivity index (χ2v) is 11.2. The summed E-state index contributed by atoms with van der Waals surface area (Å²) in [5.74, 6) is -1.17. The number of likely N-dealkylation sites (N-methyl/N-ethyl adjacent to an activating group) is 1. The Morgan fingerprint density at radius 1 is 1.05 bits per heavy atom. The smallest absolute Gasteiger partial charge is 0.271 e. The Morgan fingerprint density at radius 3 is 2.30 bits per heavy atom. The maximum Gasteiger partial charge on any atom is 0.271 e. The molecule has 1 atom stereocenters. The molecule has 0 saturated carbocycles. The molecule has 0 fully saturated rings. The van der Waals surface area contributed by atoms with Crippen molar-refractivity contribution in [1.29, 1.82) is 0 Å². The van der Waals surface area contributed by atoms with Gasteiger partial charge in [0.05, 0.1) is 18.3 Å². The topological polar surface area (TPSA) is 139 Å². The molecule has 3 rings (SSSR count). The number of nitro groups is 1. The zero-order valence-electron chi connectivity index (χ0n) is 22.1. The number of hydrogen-bond donors (Lipinski definition) is 1. The second-order valence-electron chi connectivity index (χ2n) is 8.85. The van der Waals surface area contributed by atoms with Crippen molar-refractivity contribution < 1.29 is 27.7 Å². The Bertz CT molecular complexity index is 1490. The molecule has 11 nitrogen and oxygen atoms in total. The summed E-state index contributed by atoms with van der Waals surface area (Å²) in [5.41, 5.74) is 0.816. The Labute approximate surface area is 237 Å². The fourth-order valence-corrected chi connectivity index (χ4v) is 5.19. The Balaban J connectivity index is 2.10. The third kappa shape index (κ3) is 7.70. The van der Waals surface area contributed by atoms with Crippen LogP contribution in [-0.2, 0) is 32.6 Å². The van der Waals surface area contributed by atoms with Crippen molar-refractivity contribution in [3.05, 3.63) is 99.1 Å². The first kappa shape index (κ1) is 30.4. The number of benzene rings is 3. The van der Waals surface area contributed by atoms with Crippen molar-refractivity contribution in [3.8, 4) is 5.75 Å². The number of rotatable bonds is 12. The standard InChI is InChI=1S/C27H29ClN4O7S/c1-29-27(34)24(15-19-8-5-4-6-9-19)30(17-20-10-7-11-21(28)14-20)26(33)18-31(40(3,37)38)23-16-22(32(35)36)12-13-25(23)39-2/h4-14,16,24H,15,17-18H2,1-3H3,(H,29,34)/t24-/m1/s1. The van der Waals surface area contributed by atoms with Crippen LogP contribution < -0.4 is 14.4 Å². The van der Waals surface area contributed by atoms with E-state index in [-0.39, 0.29) is 30.1 Å². The number of nitrogens with zero attached hydrogens (tertiary/aromatic N) is 3. The van der Waals surface area contributed by atoms with E-state index in [1.807, 2.05) is 18.2 Å². The summed E-state index contributed by atoms with van der Waals surface area (Å²) in [6.45, 7) is -0.812. The number of nitro benzene ring substituents is 1. The summed E-state index contributed by atoms with van der Waals surface area (Å²) >= 11 is 6.17. The van der Waals surface area contributed by atoms with E-state index in [0.717, 1.165) is 28.3 Å². The Kier molecular flexibility index (Phi) is 10.1. The number of carbonyl (C=O) groups excluding carboxylic acids is 2. The lowest BCUT2D eigenvalue weighted by Crippen LogP contribution is -2.52. The van der Waals surface area contributed by atoms with Crippen LogP contribution in [0.3, 0.4) is 0 Å². The molecule has 0 spiro atoms. The van der Waals surface area contributed by atoms with Gasteiger partial charge >= 0.3 is 0 Å². The first-order valence-corrected chi connectivity index (χ1v) is 14.3. The third-order valence-corrected chi connectivity index (χ3v) is 7.44. The van der Waals surface area contributed by atoms with E-state index in [1.54, 1.807) is 36.4 Å². The third-order valence-electron chi connectivity index (χ3n) is 6.08. The molecule has 1 N–H and O–H groups in total. The largest absolute Gasteiger partial charge is 0.495 e. The molecule has 0 unspecified atom stereocenters. The van der Waals surface area contributed by atoms with Gasteiger partial charge in [0.1, 0.15) is 24.0 Å². The number of carbonyl (C=O) groups is 2. The Hall–Kier alpha value is -4.16. The van der Waals surface area contributed by atoms with Crippen molar-refractivity contribution >= 4 is 44.8 Å². The minimum atomic E-state index is -4.15. The van der Waals surface area contributed by atoms with Gasteiger partial charge in [-0.25, -0.2) is 8.42 Å². The van der Waals surface area contributed by atoms with Crippen LogP contribution in [0, 0.1) is 10.1 Å². The van der Waals surface area contributed by atoms with Gasteiger partial charge in [-0.15, -0.1) is 0 Å². The minimum absolute atomic E-state index is 0.0114. The van der Waals surface area contributed by atoms with Crippen molar-refractivity contribution in [2.75, 3.05) is 31.3 Å². The minimum Gasteiger partial charge on any atom is -0.495 e. The van der Waals surface area contributed by atoms with E-state index < -0.39 is 39.3 Å². The number of anilines is 1. The average molecular weight is 589 g/mol. The van der Waals surface area contributed by atoms with E-state index in [9.17, 15) is 28.1 Å². The lowest BCUT2D eigenvalue weighted by molar-refractivity contribution is -0.384. The summed E-state index contributed by atoms with van der Waals surface area (Å²) in [4.78, 5) is 39.1. The van der Waals surface area contributed by atoms with Gasteiger partial charge in [0.2, 0.25) is 21.8 Å². The highest BCUT2D eigenvalue weighted by Crippen LogP contribution is 2.34. The summed E-state index contributed by atoms with van der Waals surface area (Å²) in [6.07, 6.45) is 1.02. The number of nitrogens with one attached hydrogen (secondary N) is 1. The van der Waals surface area contributed by atoms with Gasteiger partial charge in [-0.1, -0.05) is 54.1 Å². The predicted molar refractivity (Wildman–Crippen MR) is 152 cm³/mol. The number of non-ortho nitro benzene ring substituents is 1. The van der Waals surface area contributed by atoms with E-state index >= 15 is 0 Å². The maximum absolute atomic E-state index is 14.0. The van der Waals surface area contributed by atoms with E-state index in [0.29, 0.717) is 10.6 Å². The van der Waals surface area contributed by atoms with E-state index in [4.69, 9.17) is 16.3 Å². The first-order chi connectivity index (χ1) is 18.9. The molecule has 212 valence electrons. The van der Waals surface area contributed by atoms with Gasteiger partial charge in [0.15, 0.2) is 0 Å². The molecule has 0 saturated heterocycles. The lowest BCUT2D eigenvalue weighted by atomic mass is 10.0. The zero-order valence-corrected chi connectivity index (χ0v) is 23.7. The molecule has 0 aromatic heterocycles. The van der Waals surface area contributed by atoms with Gasteiger partial charge in [-0.2, -0.15) is 0 Å². The molecule has 0 aliphatic carbocycles. The van der Waals surface area contributed by atoms with E-state index in [1.165, 1.54) is 25.1 Å². The lowest BCUT2D eigenvalue weighted by Gasteiger charge is -2.33. The molecular formula is C27H29ClN4O7S. The summed E-state index contributed by atoms with van der Waals surface area (Å²) < 4.78 is 31.8. The normalized spacial score (nSPS) is 11.8. The number of sulfonamides is 1. The SMILES string of the molecule is CNC(=O)[C@@H](Cc1ccccc1)N(Cc1cccc(Cl)c1)C(=O)CN(c1cc([N+](=O)[O-])ccc1OC)S(C)(=O)=O. The van der Waals surface area contributed by atoms with Crippen molar-refractivity contribution in [2.45, 2.75) is 19.0 Å². The first-order valence-electron chi connectivity index (χ1n) is 12.0. The molecule has 0 radical (unpaired) electrons. The Morgan fingerprint density at radius 2 is 1.73 bits per heavy atom. The molecule has 3 aromatic rings. The quantitative estimate of drug-likeness (QED) is 0.253. The highest BCUT2D eigenvalue weighted by Gasteiger charge is 2.34. The molecule has 0 aliphatic heterocycles. The maximum atomic E-state index is 14.0. The number of hydrogen-bond acceptors (Lipinski definition) is 7. The highest BCUT2D eigenvalue weighted by molar-refractivity contribution is 7.92. The highest BCUT2D eigenvalue weighted by atomic mass is 35.5. The number of methoxy groups -OCH3 is 1. The molecule has 0 heterocycles. The van der Waals surface area contributed by atoms with Gasteiger partial charge in [-0.05, 0) is 29.3 Å².